The summed E-state index contributed by atoms with van der Waals surface area (Å²) < 4.78 is 0. The Kier molecular flexibility index (Phi) is 3.41. The highest BCUT2D eigenvalue weighted by Gasteiger charge is 2.19. The van der Waals surface area contributed by atoms with Crippen molar-refractivity contribution in [3.63, 3.8) is 0 Å². The Labute approximate surface area is 96.6 Å². The summed E-state index contributed by atoms with van der Waals surface area (Å²) in [5.41, 5.74) is 7.28. The van der Waals surface area contributed by atoms with Gasteiger partial charge in [-0.2, -0.15) is 0 Å². The maximum atomic E-state index is 5.52. The number of hydrogen-bond donors (Lipinski definition) is 3. The van der Waals surface area contributed by atoms with Crippen LogP contribution in [-0.4, -0.2) is 11.0 Å². The first-order chi connectivity index (χ1) is 7.78. The predicted molar refractivity (Wildman–Crippen MR) is 66.0 cm³/mol. The molecule has 1 unspecified atom stereocenters. The zero-order chi connectivity index (χ0) is 11.5. The summed E-state index contributed by atoms with van der Waals surface area (Å²) in [7, 11) is 0. The summed E-state index contributed by atoms with van der Waals surface area (Å²) in [5, 5.41) is 3.50. The van der Waals surface area contributed by atoms with Crippen LogP contribution in [0.4, 0.5) is 5.69 Å². The fraction of sp³-hybridized carbons (Fsp3) is 0.583. The van der Waals surface area contributed by atoms with Gasteiger partial charge in [0.05, 0.1) is 17.1 Å². The quantitative estimate of drug-likeness (QED) is 0.531. The Morgan fingerprint density at radius 3 is 3.00 bits per heavy atom. The average molecular weight is 220 g/mol. The lowest BCUT2D eigenvalue weighted by atomic mass is 9.97. The molecule has 0 saturated heterocycles. The summed E-state index contributed by atoms with van der Waals surface area (Å²) in [4.78, 5) is 4.67. The molecule has 1 atom stereocenters. The smallest absolute Gasteiger partial charge is 0.0704 e. The van der Waals surface area contributed by atoms with Crippen molar-refractivity contribution in [1.82, 2.24) is 10.3 Å². The van der Waals surface area contributed by atoms with Gasteiger partial charge in [0.25, 0.3) is 0 Å². The molecule has 2 rings (SSSR count). The minimum absolute atomic E-state index is 0.576. The highest BCUT2D eigenvalue weighted by Crippen LogP contribution is 2.23. The lowest BCUT2D eigenvalue weighted by Gasteiger charge is -2.25. The minimum Gasteiger partial charge on any atom is -0.322 e. The molecular formula is C12H20N4. The van der Waals surface area contributed by atoms with E-state index in [1.54, 1.807) is 0 Å². The lowest BCUT2D eigenvalue weighted by Crippen LogP contribution is -2.35. The van der Waals surface area contributed by atoms with Gasteiger partial charge >= 0.3 is 0 Å². The van der Waals surface area contributed by atoms with E-state index in [2.05, 4.69) is 35.6 Å². The summed E-state index contributed by atoms with van der Waals surface area (Å²) in [6.45, 7) is 5.19. The Hall–Kier alpha value is -1.13. The van der Waals surface area contributed by atoms with Gasteiger partial charge < -0.3 is 10.7 Å². The molecule has 2 heterocycles. The van der Waals surface area contributed by atoms with Gasteiger partial charge in [-0.25, -0.2) is 0 Å². The zero-order valence-electron chi connectivity index (χ0n) is 10.0. The number of aryl methyl sites for hydroxylation is 1. The molecule has 0 amide bonds. The molecule has 0 saturated carbocycles. The molecular weight excluding hydrogens is 200 g/mol. The Bertz CT molecular complexity index is 376. The lowest BCUT2D eigenvalue weighted by molar-refractivity contribution is 0.460. The third-order valence-corrected chi connectivity index (χ3v) is 3.28. The van der Waals surface area contributed by atoms with Gasteiger partial charge in [-0.15, -0.1) is 0 Å². The molecule has 0 fully saturated rings. The highest BCUT2D eigenvalue weighted by molar-refractivity contribution is 5.51. The van der Waals surface area contributed by atoms with Gasteiger partial charge in [-0.1, -0.05) is 13.8 Å². The molecule has 88 valence electrons. The van der Waals surface area contributed by atoms with Crippen molar-refractivity contribution in [1.29, 1.82) is 0 Å². The number of nitrogens with one attached hydrogen (secondary N) is 2. The van der Waals surface area contributed by atoms with Gasteiger partial charge in [-0.3, -0.25) is 10.8 Å². The van der Waals surface area contributed by atoms with Crippen molar-refractivity contribution in [3.05, 3.63) is 23.0 Å². The van der Waals surface area contributed by atoms with Crippen molar-refractivity contribution in [3.8, 4) is 0 Å². The Morgan fingerprint density at radius 1 is 1.56 bits per heavy atom. The van der Waals surface area contributed by atoms with Crippen LogP contribution in [0.1, 0.15) is 37.2 Å². The van der Waals surface area contributed by atoms with Crippen molar-refractivity contribution in [2.24, 2.45) is 5.84 Å². The van der Waals surface area contributed by atoms with E-state index in [4.69, 9.17) is 5.84 Å². The standard InChI is InChI=1S/C12H20N4/c1-3-9-5-8-6-11(16-13)10(4-2)15-12(8)7-14-9/h6,9,14,16H,3-5,7,13H2,1-2H3. The summed E-state index contributed by atoms with van der Waals surface area (Å²) >= 11 is 0. The summed E-state index contributed by atoms with van der Waals surface area (Å²) in [6, 6.07) is 2.73. The molecule has 1 aromatic heterocycles. The van der Waals surface area contributed by atoms with Crippen molar-refractivity contribution in [2.45, 2.75) is 45.7 Å². The summed E-state index contributed by atoms with van der Waals surface area (Å²) in [5.74, 6) is 5.52. The third kappa shape index (κ3) is 2.03. The van der Waals surface area contributed by atoms with E-state index < -0.39 is 0 Å². The molecule has 1 aromatic rings. The third-order valence-electron chi connectivity index (χ3n) is 3.28. The van der Waals surface area contributed by atoms with Gasteiger partial charge in [0.2, 0.25) is 0 Å². The molecule has 0 bridgehead atoms. The second kappa shape index (κ2) is 4.80. The van der Waals surface area contributed by atoms with Crippen LogP contribution in [0.15, 0.2) is 6.07 Å². The first-order valence-corrected chi connectivity index (χ1v) is 6.00. The van der Waals surface area contributed by atoms with Gasteiger partial charge in [-0.05, 0) is 30.9 Å². The molecule has 4 nitrogen and oxygen atoms in total. The Morgan fingerprint density at radius 2 is 2.38 bits per heavy atom. The van der Waals surface area contributed by atoms with Crippen LogP contribution in [0, 0.1) is 0 Å². The normalized spacial score (nSPS) is 19.3. The van der Waals surface area contributed by atoms with Crippen LogP contribution in [-0.2, 0) is 19.4 Å². The van der Waals surface area contributed by atoms with Crippen LogP contribution >= 0.6 is 0 Å². The molecule has 16 heavy (non-hydrogen) atoms. The van der Waals surface area contributed by atoms with Crippen molar-refractivity contribution < 1.29 is 0 Å². The van der Waals surface area contributed by atoms with Crippen LogP contribution < -0.4 is 16.6 Å². The predicted octanol–water partition coefficient (Wildman–Crippen LogP) is 1.35. The second-order valence-electron chi connectivity index (χ2n) is 4.28. The second-order valence-corrected chi connectivity index (χ2v) is 4.28. The maximum absolute atomic E-state index is 5.52. The topological polar surface area (TPSA) is 63.0 Å². The average Bonchev–Trinajstić information content (AvgIpc) is 2.36. The first-order valence-electron chi connectivity index (χ1n) is 6.00. The van der Waals surface area contributed by atoms with Gasteiger partial charge in [0.1, 0.15) is 0 Å². The van der Waals surface area contributed by atoms with Gasteiger partial charge in [0.15, 0.2) is 0 Å². The van der Waals surface area contributed by atoms with E-state index in [1.807, 2.05) is 0 Å². The molecule has 0 aromatic carbocycles. The minimum atomic E-state index is 0.576. The van der Waals surface area contributed by atoms with Crippen molar-refractivity contribution in [2.75, 3.05) is 5.43 Å². The molecule has 0 spiro atoms. The number of rotatable bonds is 3. The molecule has 4 heteroatoms. The van der Waals surface area contributed by atoms with E-state index in [9.17, 15) is 0 Å². The van der Waals surface area contributed by atoms with E-state index >= 15 is 0 Å². The van der Waals surface area contributed by atoms with Gasteiger partial charge in [0, 0.05) is 12.6 Å². The number of fused-ring (bicyclic) bond motifs is 1. The maximum Gasteiger partial charge on any atom is 0.0704 e. The monoisotopic (exact) mass is 220 g/mol. The molecule has 1 aliphatic rings. The number of aromatic nitrogens is 1. The summed E-state index contributed by atoms with van der Waals surface area (Å²) in [6.07, 6.45) is 3.11. The fourth-order valence-electron chi connectivity index (χ4n) is 2.23. The van der Waals surface area contributed by atoms with Crippen molar-refractivity contribution >= 4 is 5.69 Å². The largest absolute Gasteiger partial charge is 0.322 e. The number of hydrogen-bond acceptors (Lipinski definition) is 4. The number of hydrazine groups is 1. The first kappa shape index (κ1) is 11.4. The Balaban J connectivity index is 2.34. The highest BCUT2D eigenvalue weighted by atomic mass is 15.2. The SMILES string of the molecule is CCc1nc2c(cc1NN)CC(CC)NC2. The van der Waals surface area contributed by atoms with E-state index in [1.165, 1.54) is 11.3 Å². The number of anilines is 1. The van der Waals surface area contributed by atoms with Crippen LogP contribution in [0.5, 0.6) is 0 Å². The zero-order valence-corrected chi connectivity index (χ0v) is 10.0. The van der Waals surface area contributed by atoms with E-state index in [0.29, 0.717) is 6.04 Å². The molecule has 0 aliphatic carbocycles. The number of nitrogens with zero attached hydrogens (tertiary/aromatic N) is 1. The molecule has 4 N–H and O–H groups in total. The number of pyridine rings is 1. The van der Waals surface area contributed by atoms with Crippen LogP contribution in [0.3, 0.4) is 0 Å². The number of nitrogen functional groups attached to an aromatic ring is 1. The van der Waals surface area contributed by atoms with E-state index in [-0.39, 0.29) is 0 Å². The van der Waals surface area contributed by atoms with Crippen LogP contribution in [0.2, 0.25) is 0 Å². The number of nitrogens with two attached hydrogens (primary N) is 1. The van der Waals surface area contributed by atoms with E-state index in [0.717, 1.165) is 37.2 Å². The fourth-order valence-corrected chi connectivity index (χ4v) is 2.23. The molecule has 1 aliphatic heterocycles. The molecule has 0 radical (unpaired) electrons. The van der Waals surface area contributed by atoms with Crippen LogP contribution in [0.25, 0.3) is 0 Å².